The molecule has 1 N–H and O–H groups in total. The summed E-state index contributed by atoms with van der Waals surface area (Å²) < 4.78 is 4.00. The van der Waals surface area contributed by atoms with Gasteiger partial charge in [0.05, 0.1) is 11.9 Å². The number of nitrogens with zero attached hydrogens (tertiary/aromatic N) is 4. The minimum Gasteiger partial charge on any atom is -0.348 e. The molecular weight excluding hydrogens is 314 g/mol. The fourth-order valence-corrected chi connectivity index (χ4v) is 3.52. The molecule has 6 heteroatoms. The van der Waals surface area contributed by atoms with Crippen molar-refractivity contribution in [3.8, 4) is 0 Å². The Labute approximate surface area is 147 Å². The van der Waals surface area contributed by atoms with E-state index in [2.05, 4.69) is 25.8 Å². The Hall–Kier alpha value is -2.60. The Bertz CT molecular complexity index is 873. The lowest BCUT2D eigenvalue weighted by atomic mass is 10.0. The predicted octanol–water partition coefficient (Wildman–Crippen LogP) is 2.07. The van der Waals surface area contributed by atoms with Crippen molar-refractivity contribution in [3.63, 3.8) is 0 Å². The Morgan fingerprint density at radius 1 is 1.20 bits per heavy atom. The standard InChI is InChI=1S/C19H23N5O/c1-22-9-4-5-17(22)19(25)21-15-7-11-23(12-8-15)14-16-13-20-18-6-2-3-10-24(16)18/h2-6,9-10,13,15H,7-8,11-12,14H2,1H3,(H,21,25). The number of pyridine rings is 1. The normalized spacial score (nSPS) is 16.4. The average Bonchev–Trinajstić information content (AvgIpc) is 3.23. The van der Waals surface area contributed by atoms with Gasteiger partial charge in [-0.25, -0.2) is 4.98 Å². The van der Waals surface area contributed by atoms with Crippen LogP contribution in [-0.2, 0) is 13.6 Å². The molecule has 3 aromatic rings. The van der Waals surface area contributed by atoms with E-state index in [0.717, 1.165) is 38.1 Å². The number of nitrogens with one attached hydrogen (secondary N) is 1. The summed E-state index contributed by atoms with van der Waals surface area (Å²) in [6, 6.07) is 10.1. The van der Waals surface area contributed by atoms with Crippen LogP contribution in [0.4, 0.5) is 0 Å². The molecule has 0 aliphatic carbocycles. The number of aromatic nitrogens is 3. The van der Waals surface area contributed by atoms with Crippen LogP contribution in [-0.4, -0.2) is 43.9 Å². The highest BCUT2D eigenvalue weighted by Gasteiger charge is 2.22. The van der Waals surface area contributed by atoms with Gasteiger partial charge in [0.15, 0.2) is 0 Å². The molecular formula is C19H23N5O. The lowest BCUT2D eigenvalue weighted by Gasteiger charge is -2.32. The van der Waals surface area contributed by atoms with E-state index >= 15 is 0 Å². The van der Waals surface area contributed by atoms with Gasteiger partial charge in [-0.1, -0.05) is 6.07 Å². The molecule has 6 nitrogen and oxygen atoms in total. The Morgan fingerprint density at radius 3 is 2.80 bits per heavy atom. The first-order valence-electron chi connectivity index (χ1n) is 8.76. The molecule has 1 fully saturated rings. The molecule has 0 unspecified atom stereocenters. The SMILES string of the molecule is Cn1cccc1C(=O)NC1CCN(Cc2cnc3ccccn23)CC1. The third-order valence-electron chi connectivity index (χ3n) is 4.98. The van der Waals surface area contributed by atoms with E-state index in [1.54, 1.807) is 0 Å². The number of carbonyl (C=O) groups excluding carboxylic acids is 1. The summed E-state index contributed by atoms with van der Waals surface area (Å²) in [6.45, 7) is 2.86. The molecule has 1 aliphatic heterocycles. The Morgan fingerprint density at radius 2 is 2.04 bits per heavy atom. The highest BCUT2D eigenvalue weighted by atomic mass is 16.2. The van der Waals surface area contributed by atoms with Gasteiger partial charge >= 0.3 is 0 Å². The predicted molar refractivity (Wildman–Crippen MR) is 96.4 cm³/mol. The second kappa shape index (κ2) is 6.72. The maximum Gasteiger partial charge on any atom is 0.268 e. The zero-order valence-corrected chi connectivity index (χ0v) is 14.4. The summed E-state index contributed by atoms with van der Waals surface area (Å²) in [5, 5.41) is 3.17. The van der Waals surface area contributed by atoms with Crippen LogP contribution in [0.1, 0.15) is 29.0 Å². The van der Waals surface area contributed by atoms with Crippen LogP contribution in [0.25, 0.3) is 5.65 Å². The molecule has 0 saturated carbocycles. The molecule has 4 heterocycles. The molecule has 1 saturated heterocycles. The van der Waals surface area contributed by atoms with Crippen molar-refractivity contribution >= 4 is 11.6 Å². The Balaban J connectivity index is 1.32. The zero-order chi connectivity index (χ0) is 17.2. The van der Waals surface area contributed by atoms with Crippen molar-refractivity contribution in [3.05, 3.63) is 60.3 Å². The molecule has 130 valence electrons. The average molecular weight is 337 g/mol. The van der Waals surface area contributed by atoms with Crippen LogP contribution in [0.15, 0.2) is 48.9 Å². The molecule has 0 aromatic carbocycles. The molecule has 4 rings (SSSR count). The third kappa shape index (κ3) is 3.30. The number of fused-ring (bicyclic) bond motifs is 1. The number of likely N-dealkylation sites (tertiary alicyclic amines) is 1. The van der Waals surface area contributed by atoms with E-state index in [0.29, 0.717) is 5.69 Å². The summed E-state index contributed by atoms with van der Waals surface area (Å²) in [5.41, 5.74) is 2.91. The van der Waals surface area contributed by atoms with E-state index in [1.807, 2.05) is 54.3 Å². The van der Waals surface area contributed by atoms with Crippen LogP contribution in [0.5, 0.6) is 0 Å². The van der Waals surface area contributed by atoms with Crippen molar-refractivity contribution in [1.82, 2.24) is 24.2 Å². The number of hydrogen-bond acceptors (Lipinski definition) is 3. The lowest BCUT2D eigenvalue weighted by Crippen LogP contribution is -2.44. The quantitative estimate of drug-likeness (QED) is 0.793. The van der Waals surface area contributed by atoms with Crippen LogP contribution < -0.4 is 5.32 Å². The number of hydrogen-bond donors (Lipinski definition) is 1. The van der Waals surface area contributed by atoms with Gasteiger partial charge in [0, 0.05) is 45.1 Å². The number of piperidine rings is 1. The second-order valence-electron chi connectivity index (χ2n) is 6.71. The summed E-state index contributed by atoms with van der Waals surface area (Å²) in [4.78, 5) is 19.2. The second-order valence-corrected chi connectivity index (χ2v) is 6.71. The van der Waals surface area contributed by atoms with E-state index < -0.39 is 0 Å². The minimum absolute atomic E-state index is 0.0211. The topological polar surface area (TPSA) is 54.6 Å². The highest BCUT2D eigenvalue weighted by molar-refractivity contribution is 5.92. The van der Waals surface area contributed by atoms with Crippen molar-refractivity contribution in [2.24, 2.45) is 7.05 Å². The van der Waals surface area contributed by atoms with Crippen LogP contribution >= 0.6 is 0 Å². The van der Waals surface area contributed by atoms with Crippen molar-refractivity contribution in [2.45, 2.75) is 25.4 Å². The van der Waals surface area contributed by atoms with E-state index in [9.17, 15) is 4.79 Å². The number of rotatable bonds is 4. The van der Waals surface area contributed by atoms with Gasteiger partial charge in [0.2, 0.25) is 0 Å². The van der Waals surface area contributed by atoms with Crippen LogP contribution in [0.3, 0.4) is 0 Å². The summed E-state index contributed by atoms with van der Waals surface area (Å²) in [6.07, 6.45) is 7.87. The van der Waals surface area contributed by atoms with Gasteiger partial charge in [-0.3, -0.25) is 9.69 Å². The first kappa shape index (κ1) is 15.9. The van der Waals surface area contributed by atoms with Gasteiger partial charge in [-0.2, -0.15) is 0 Å². The first-order valence-corrected chi connectivity index (χ1v) is 8.76. The largest absolute Gasteiger partial charge is 0.348 e. The van der Waals surface area contributed by atoms with Crippen LogP contribution in [0, 0.1) is 0 Å². The number of aryl methyl sites for hydroxylation is 1. The van der Waals surface area contributed by atoms with Gasteiger partial charge in [-0.15, -0.1) is 0 Å². The first-order chi connectivity index (χ1) is 12.2. The summed E-state index contributed by atoms with van der Waals surface area (Å²) in [7, 11) is 1.90. The Kier molecular flexibility index (Phi) is 4.28. The molecule has 0 atom stereocenters. The zero-order valence-electron chi connectivity index (χ0n) is 14.4. The fraction of sp³-hybridized carbons (Fsp3) is 0.368. The van der Waals surface area contributed by atoms with Crippen LogP contribution in [0.2, 0.25) is 0 Å². The molecule has 1 aliphatic rings. The third-order valence-corrected chi connectivity index (χ3v) is 4.98. The lowest BCUT2D eigenvalue weighted by molar-refractivity contribution is 0.0900. The van der Waals surface area contributed by atoms with Gasteiger partial charge in [0.25, 0.3) is 5.91 Å². The highest BCUT2D eigenvalue weighted by Crippen LogP contribution is 2.15. The van der Waals surface area contributed by atoms with Crippen molar-refractivity contribution in [2.75, 3.05) is 13.1 Å². The van der Waals surface area contributed by atoms with E-state index in [-0.39, 0.29) is 11.9 Å². The van der Waals surface area contributed by atoms with E-state index in [4.69, 9.17) is 0 Å². The maximum absolute atomic E-state index is 12.3. The number of amides is 1. The smallest absolute Gasteiger partial charge is 0.268 e. The number of carbonyl (C=O) groups is 1. The molecule has 3 aromatic heterocycles. The van der Waals surface area contributed by atoms with Crippen molar-refractivity contribution < 1.29 is 4.79 Å². The van der Waals surface area contributed by atoms with Gasteiger partial charge in [-0.05, 0) is 37.1 Å². The number of imidazole rings is 1. The van der Waals surface area contributed by atoms with Gasteiger partial charge in [0.1, 0.15) is 11.3 Å². The maximum atomic E-state index is 12.3. The summed E-state index contributed by atoms with van der Waals surface area (Å²) in [5.74, 6) is 0.0211. The fourth-order valence-electron chi connectivity index (χ4n) is 3.52. The van der Waals surface area contributed by atoms with E-state index in [1.165, 1.54) is 5.69 Å². The minimum atomic E-state index is 0.0211. The monoisotopic (exact) mass is 337 g/mol. The molecule has 1 amide bonds. The molecule has 0 bridgehead atoms. The molecule has 25 heavy (non-hydrogen) atoms. The van der Waals surface area contributed by atoms with Crippen molar-refractivity contribution in [1.29, 1.82) is 0 Å². The molecule has 0 spiro atoms. The molecule has 0 radical (unpaired) electrons. The van der Waals surface area contributed by atoms with Gasteiger partial charge < -0.3 is 14.3 Å². The summed E-state index contributed by atoms with van der Waals surface area (Å²) >= 11 is 0.